The van der Waals surface area contributed by atoms with Crippen LogP contribution in [-0.2, 0) is 22.7 Å². The second kappa shape index (κ2) is 8.45. The lowest BCUT2D eigenvalue weighted by Gasteiger charge is -2.27. The molecule has 0 bridgehead atoms. The molecule has 2 amide bonds. The standard InChI is InChI=1S/C20H25N3O2S/c1-15(2)10-23(12-17-5-8-26-14-17)20(25)18-9-19(24)22(13-18)11-16-3-6-21-7-4-16/h3-8,14-15,18H,9-13H2,1-2H3/t18-/m1/s1. The molecule has 138 valence electrons. The molecule has 0 spiro atoms. The van der Waals surface area contributed by atoms with Crippen molar-refractivity contribution in [3.63, 3.8) is 0 Å². The average molecular weight is 372 g/mol. The molecule has 1 aliphatic heterocycles. The molecule has 1 saturated heterocycles. The van der Waals surface area contributed by atoms with E-state index in [1.54, 1.807) is 28.6 Å². The Morgan fingerprint density at radius 3 is 2.73 bits per heavy atom. The maximum absolute atomic E-state index is 13.1. The lowest BCUT2D eigenvalue weighted by atomic mass is 10.1. The third-order valence-electron chi connectivity index (χ3n) is 4.54. The lowest BCUT2D eigenvalue weighted by Crippen LogP contribution is -2.39. The van der Waals surface area contributed by atoms with Crippen molar-refractivity contribution in [2.75, 3.05) is 13.1 Å². The van der Waals surface area contributed by atoms with Crippen LogP contribution in [0.15, 0.2) is 41.4 Å². The molecule has 6 heteroatoms. The van der Waals surface area contributed by atoms with Crippen molar-refractivity contribution in [3.8, 4) is 0 Å². The SMILES string of the molecule is CC(C)CN(Cc1ccsc1)C(=O)[C@@H]1CC(=O)N(Cc2ccncc2)C1. The fourth-order valence-electron chi connectivity index (χ4n) is 3.33. The summed E-state index contributed by atoms with van der Waals surface area (Å²) >= 11 is 1.64. The molecule has 0 radical (unpaired) electrons. The molecule has 0 unspecified atom stereocenters. The highest BCUT2D eigenvalue weighted by atomic mass is 32.1. The predicted octanol–water partition coefficient (Wildman–Crippen LogP) is 3.18. The van der Waals surface area contributed by atoms with Crippen LogP contribution >= 0.6 is 11.3 Å². The van der Waals surface area contributed by atoms with Crippen LogP contribution in [0, 0.1) is 11.8 Å². The van der Waals surface area contributed by atoms with Gasteiger partial charge >= 0.3 is 0 Å². The minimum Gasteiger partial charge on any atom is -0.338 e. The van der Waals surface area contributed by atoms with E-state index in [2.05, 4.69) is 30.3 Å². The molecule has 26 heavy (non-hydrogen) atoms. The fraction of sp³-hybridized carbons (Fsp3) is 0.450. The van der Waals surface area contributed by atoms with Gasteiger partial charge in [0, 0.05) is 45.0 Å². The molecule has 3 heterocycles. The first-order chi connectivity index (χ1) is 12.5. The lowest BCUT2D eigenvalue weighted by molar-refractivity contribution is -0.137. The van der Waals surface area contributed by atoms with Gasteiger partial charge in [0.15, 0.2) is 0 Å². The van der Waals surface area contributed by atoms with Crippen LogP contribution in [-0.4, -0.2) is 39.7 Å². The number of carbonyl (C=O) groups is 2. The number of nitrogens with zero attached hydrogens (tertiary/aromatic N) is 3. The van der Waals surface area contributed by atoms with Crippen molar-refractivity contribution in [1.82, 2.24) is 14.8 Å². The molecule has 0 N–H and O–H groups in total. The van der Waals surface area contributed by atoms with E-state index in [9.17, 15) is 9.59 Å². The van der Waals surface area contributed by atoms with Gasteiger partial charge in [-0.2, -0.15) is 11.3 Å². The Kier molecular flexibility index (Phi) is 6.04. The van der Waals surface area contributed by atoms with Crippen molar-refractivity contribution in [2.45, 2.75) is 33.4 Å². The van der Waals surface area contributed by atoms with Gasteiger partial charge in [-0.1, -0.05) is 13.8 Å². The van der Waals surface area contributed by atoms with Crippen LogP contribution in [0.3, 0.4) is 0 Å². The topological polar surface area (TPSA) is 53.5 Å². The van der Waals surface area contributed by atoms with Gasteiger partial charge in [0.1, 0.15) is 0 Å². The second-order valence-electron chi connectivity index (χ2n) is 7.27. The van der Waals surface area contributed by atoms with E-state index >= 15 is 0 Å². The summed E-state index contributed by atoms with van der Waals surface area (Å²) in [4.78, 5) is 33.2. The smallest absolute Gasteiger partial charge is 0.228 e. The number of likely N-dealkylation sites (tertiary alicyclic amines) is 1. The second-order valence-corrected chi connectivity index (χ2v) is 8.06. The highest BCUT2D eigenvalue weighted by molar-refractivity contribution is 7.07. The number of rotatable bonds is 7. The van der Waals surface area contributed by atoms with Crippen LogP contribution in [0.2, 0.25) is 0 Å². The molecule has 2 aromatic rings. The molecule has 0 aliphatic carbocycles. The van der Waals surface area contributed by atoms with Gasteiger partial charge in [-0.05, 0) is 46.0 Å². The minimum absolute atomic E-state index is 0.0557. The molecule has 1 atom stereocenters. The van der Waals surface area contributed by atoms with E-state index in [4.69, 9.17) is 0 Å². The molecule has 0 aromatic carbocycles. The monoisotopic (exact) mass is 371 g/mol. The molecule has 3 rings (SSSR count). The number of hydrogen-bond acceptors (Lipinski definition) is 4. The van der Waals surface area contributed by atoms with Crippen LogP contribution in [0.1, 0.15) is 31.4 Å². The molecule has 2 aromatic heterocycles. The third-order valence-corrected chi connectivity index (χ3v) is 5.27. The van der Waals surface area contributed by atoms with Gasteiger partial charge in [0.2, 0.25) is 11.8 Å². The first kappa shape index (κ1) is 18.6. The van der Waals surface area contributed by atoms with Gasteiger partial charge in [0.05, 0.1) is 5.92 Å². The number of pyridine rings is 1. The van der Waals surface area contributed by atoms with Crippen molar-refractivity contribution in [1.29, 1.82) is 0 Å². The summed E-state index contributed by atoms with van der Waals surface area (Å²) in [7, 11) is 0. The quantitative estimate of drug-likeness (QED) is 0.751. The number of aromatic nitrogens is 1. The first-order valence-electron chi connectivity index (χ1n) is 8.99. The molecule has 0 saturated carbocycles. The molecular formula is C20H25N3O2S. The highest BCUT2D eigenvalue weighted by Crippen LogP contribution is 2.24. The first-order valence-corrected chi connectivity index (χ1v) is 9.93. The van der Waals surface area contributed by atoms with Gasteiger partial charge in [-0.25, -0.2) is 0 Å². The normalized spacial score (nSPS) is 17.1. The summed E-state index contributed by atoms with van der Waals surface area (Å²) in [5.41, 5.74) is 2.20. The predicted molar refractivity (Wildman–Crippen MR) is 102 cm³/mol. The van der Waals surface area contributed by atoms with Gasteiger partial charge in [-0.15, -0.1) is 0 Å². The van der Waals surface area contributed by atoms with E-state index < -0.39 is 0 Å². The summed E-state index contributed by atoms with van der Waals surface area (Å²) in [5, 5.41) is 4.11. The summed E-state index contributed by atoms with van der Waals surface area (Å²) in [6.07, 6.45) is 3.76. The number of thiophene rings is 1. The minimum atomic E-state index is -0.248. The largest absolute Gasteiger partial charge is 0.338 e. The zero-order chi connectivity index (χ0) is 18.5. The molecule has 1 aliphatic rings. The van der Waals surface area contributed by atoms with Gasteiger partial charge < -0.3 is 9.80 Å². The number of amides is 2. The van der Waals surface area contributed by atoms with E-state index in [-0.39, 0.29) is 17.7 Å². The van der Waals surface area contributed by atoms with E-state index in [1.165, 1.54) is 0 Å². The third kappa shape index (κ3) is 4.69. The van der Waals surface area contributed by atoms with Crippen molar-refractivity contribution >= 4 is 23.2 Å². The fourth-order valence-corrected chi connectivity index (χ4v) is 3.99. The maximum Gasteiger partial charge on any atom is 0.228 e. The Labute approximate surface area is 158 Å². The maximum atomic E-state index is 13.1. The number of carbonyl (C=O) groups excluding carboxylic acids is 2. The highest BCUT2D eigenvalue weighted by Gasteiger charge is 2.36. The zero-order valence-corrected chi connectivity index (χ0v) is 16.1. The van der Waals surface area contributed by atoms with Gasteiger partial charge in [0.25, 0.3) is 0 Å². The van der Waals surface area contributed by atoms with E-state index in [1.807, 2.05) is 22.4 Å². The Bertz CT molecular complexity index is 731. The van der Waals surface area contributed by atoms with E-state index in [0.717, 1.165) is 11.1 Å². The van der Waals surface area contributed by atoms with Crippen LogP contribution < -0.4 is 0 Å². The van der Waals surface area contributed by atoms with Crippen LogP contribution in [0.4, 0.5) is 0 Å². The average Bonchev–Trinajstić information content (AvgIpc) is 3.24. The number of hydrogen-bond donors (Lipinski definition) is 0. The zero-order valence-electron chi connectivity index (χ0n) is 15.3. The van der Waals surface area contributed by atoms with Crippen molar-refractivity contribution in [2.24, 2.45) is 11.8 Å². The van der Waals surface area contributed by atoms with Crippen LogP contribution in [0.25, 0.3) is 0 Å². The molecule has 5 nitrogen and oxygen atoms in total. The molecular weight excluding hydrogens is 346 g/mol. The Morgan fingerprint density at radius 2 is 2.08 bits per heavy atom. The summed E-state index contributed by atoms with van der Waals surface area (Å²) < 4.78 is 0. The Balaban J connectivity index is 1.66. The van der Waals surface area contributed by atoms with Crippen molar-refractivity contribution < 1.29 is 9.59 Å². The summed E-state index contributed by atoms with van der Waals surface area (Å²) in [6, 6.07) is 5.87. The van der Waals surface area contributed by atoms with Crippen molar-refractivity contribution in [3.05, 3.63) is 52.5 Å². The van der Waals surface area contributed by atoms with Gasteiger partial charge in [-0.3, -0.25) is 14.6 Å². The summed E-state index contributed by atoms with van der Waals surface area (Å²) in [5.74, 6) is 0.292. The summed E-state index contributed by atoms with van der Waals surface area (Å²) in [6.45, 7) is 6.60. The van der Waals surface area contributed by atoms with Crippen LogP contribution in [0.5, 0.6) is 0 Å². The van der Waals surface area contributed by atoms with E-state index in [0.29, 0.717) is 38.5 Å². The Morgan fingerprint density at radius 1 is 1.31 bits per heavy atom. The Hall–Kier alpha value is -2.21. The molecule has 1 fully saturated rings.